The normalized spacial score (nSPS) is 18.6. The zero-order valence-corrected chi connectivity index (χ0v) is 8.55. The van der Waals surface area contributed by atoms with Gasteiger partial charge in [0.1, 0.15) is 0 Å². The summed E-state index contributed by atoms with van der Waals surface area (Å²) in [6.45, 7) is 0. The van der Waals surface area contributed by atoms with Gasteiger partial charge in [-0.15, -0.1) is 0 Å². The van der Waals surface area contributed by atoms with Crippen LogP contribution in [-0.4, -0.2) is 0 Å². The summed E-state index contributed by atoms with van der Waals surface area (Å²) in [5, 5.41) is 0. The first-order valence-electron chi connectivity index (χ1n) is 5.37. The lowest BCUT2D eigenvalue weighted by molar-refractivity contribution is 0.277. The molecule has 3 heteroatoms. The third-order valence-corrected chi connectivity index (χ3v) is 3.18. The van der Waals surface area contributed by atoms with Gasteiger partial charge in [0.2, 0.25) is 0 Å². The topological polar surface area (TPSA) is 26.0 Å². The van der Waals surface area contributed by atoms with Crippen molar-refractivity contribution < 1.29 is 8.78 Å². The summed E-state index contributed by atoms with van der Waals surface area (Å²) in [6.07, 6.45) is 4.59. The van der Waals surface area contributed by atoms with Crippen LogP contribution in [0.2, 0.25) is 0 Å². The molecule has 1 fully saturated rings. The summed E-state index contributed by atoms with van der Waals surface area (Å²) < 4.78 is 25.6. The molecular weight excluding hydrogens is 196 g/mol. The van der Waals surface area contributed by atoms with Crippen LogP contribution in [0.5, 0.6) is 0 Å². The minimum atomic E-state index is -0.811. The van der Waals surface area contributed by atoms with Crippen LogP contribution < -0.4 is 5.73 Å². The smallest absolute Gasteiger partial charge is 0.159 e. The first-order valence-corrected chi connectivity index (χ1v) is 5.37. The molecule has 0 amide bonds. The fraction of sp³-hybridized carbons (Fsp3) is 0.500. The van der Waals surface area contributed by atoms with Crippen LogP contribution in [0, 0.1) is 17.6 Å². The third kappa shape index (κ3) is 2.34. The summed E-state index contributed by atoms with van der Waals surface area (Å²) in [5.74, 6) is -0.945. The van der Waals surface area contributed by atoms with Gasteiger partial charge in [-0.25, -0.2) is 8.78 Å². The summed E-state index contributed by atoms with van der Waals surface area (Å²) >= 11 is 0. The molecule has 0 aromatic heterocycles. The summed E-state index contributed by atoms with van der Waals surface area (Å²) in [5.41, 5.74) is 6.63. The van der Waals surface area contributed by atoms with Gasteiger partial charge in [0, 0.05) is 6.04 Å². The zero-order chi connectivity index (χ0) is 10.8. The highest BCUT2D eigenvalue weighted by Gasteiger charge is 2.21. The van der Waals surface area contributed by atoms with E-state index in [4.69, 9.17) is 5.73 Å². The number of benzene rings is 1. The van der Waals surface area contributed by atoms with Crippen molar-refractivity contribution in [3.63, 3.8) is 0 Å². The van der Waals surface area contributed by atoms with Crippen LogP contribution in [0.15, 0.2) is 18.2 Å². The molecule has 1 atom stereocenters. The maximum Gasteiger partial charge on any atom is 0.159 e. The fourth-order valence-electron chi connectivity index (χ4n) is 1.97. The second-order valence-electron chi connectivity index (χ2n) is 4.31. The van der Waals surface area contributed by atoms with Crippen LogP contribution in [0.25, 0.3) is 0 Å². The van der Waals surface area contributed by atoms with E-state index in [1.165, 1.54) is 25.3 Å². The predicted molar refractivity (Wildman–Crippen MR) is 55.2 cm³/mol. The minimum Gasteiger partial charge on any atom is -0.324 e. The first-order chi connectivity index (χ1) is 7.16. The maximum atomic E-state index is 12.9. The van der Waals surface area contributed by atoms with E-state index in [9.17, 15) is 8.78 Å². The lowest BCUT2D eigenvalue weighted by Crippen LogP contribution is -2.20. The number of halogens is 2. The molecule has 0 heterocycles. The van der Waals surface area contributed by atoms with E-state index in [1.807, 2.05) is 0 Å². The van der Waals surface area contributed by atoms with E-state index in [1.54, 1.807) is 6.07 Å². The van der Waals surface area contributed by atoms with Crippen molar-refractivity contribution in [1.82, 2.24) is 0 Å². The molecule has 82 valence electrons. The standard InChI is InChI=1S/C12H15F2N/c13-10-5-4-9(7-11(10)14)12(15)6-8-2-1-3-8/h4-5,7-8,12H,1-3,6,15H2. The molecule has 1 aliphatic carbocycles. The molecule has 1 nitrogen and oxygen atoms in total. The van der Waals surface area contributed by atoms with E-state index in [0.29, 0.717) is 11.5 Å². The molecule has 1 unspecified atom stereocenters. The van der Waals surface area contributed by atoms with Crippen molar-refractivity contribution in [1.29, 1.82) is 0 Å². The SMILES string of the molecule is NC(CC1CCC1)c1ccc(F)c(F)c1. The Hall–Kier alpha value is -0.960. The third-order valence-electron chi connectivity index (χ3n) is 3.18. The molecule has 1 aromatic rings. The van der Waals surface area contributed by atoms with Gasteiger partial charge >= 0.3 is 0 Å². The molecule has 2 rings (SSSR count). The Balaban J connectivity index is 2.03. The van der Waals surface area contributed by atoms with Gasteiger partial charge in [0.25, 0.3) is 0 Å². The molecule has 1 aliphatic rings. The quantitative estimate of drug-likeness (QED) is 0.816. The van der Waals surface area contributed by atoms with Gasteiger partial charge in [-0.3, -0.25) is 0 Å². The lowest BCUT2D eigenvalue weighted by Gasteiger charge is -2.28. The van der Waals surface area contributed by atoms with Crippen LogP contribution in [0.4, 0.5) is 8.78 Å². The average Bonchev–Trinajstić information content (AvgIpc) is 2.15. The van der Waals surface area contributed by atoms with E-state index in [-0.39, 0.29) is 6.04 Å². The lowest BCUT2D eigenvalue weighted by atomic mass is 9.80. The molecule has 0 radical (unpaired) electrons. The van der Waals surface area contributed by atoms with Crippen molar-refractivity contribution >= 4 is 0 Å². The summed E-state index contributed by atoms with van der Waals surface area (Å²) in [7, 11) is 0. The summed E-state index contributed by atoms with van der Waals surface area (Å²) in [4.78, 5) is 0. The minimum absolute atomic E-state index is 0.162. The van der Waals surface area contributed by atoms with E-state index in [0.717, 1.165) is 12.5 Å². The van der Waals surface area contributed by atoms with Crippen LogP contribution in [-0.2, 0) is 0 Å². The second-order valence-corrected chi connectivity index (χ2v) is 4.31. The second kappa shape index (κ2) is 4.27. The number of nitrogens with two attached hydrogens (primary N) is 1. The molecule has 1 aromatic carbocycles. The van der Waals surface area contributed by atoms with Crippen molar-refractivity contribution in [3.8, 4) is 0 Å². The average molecular weight is 211 g/mol. The monoisotopic (exact) mass is 211 g/mol. The molecule has 0 bridgehead atoms. The van der Waals surface area contributed by atoms with E-state index in [2.05, 4.69) is 0 Å². The molecule has 0 spiro atoms. The largest absolute Gasteiger partial charge is 0.324 e. The summed E-state index contributed by atoms with van der Waals surface area (Å²) in [6, 6.07) is 3.76. The Morgan fingerprint density at radius 2 is 2.00 bits per heavy atom. The highest BCUT2D eigenvalue weighted by atomic mass is 19.2. The highest BCUT2D eigenvalue weighted by Crippen LogP contribution is 2.33. The Morgan fingerprint density at radius 1 is 1.27 bits per heavy atom. The van der Waals surface area contributed by atoms with Crippen molar-refractivity contribution in [2.75, 3.05) is 0 Å². The Morgan fingerprint density at radius 3 is 2.53 bits per heavy atom. The van der Waals surface area contributed by atoms with Gasteiger partial charge in [0.05, 0.1) is 0 Å². The zero-order valence-electron chi connectivity index (χ0n) is 8.55. The van der Waals surface area contributed by atoms with Gasteiger partial charge < -0.3 is 5.73 Å². The highest BCUT2D eigenvalue weighted by molar-refractivity contribution is 5.21. The molecule has 1 saturated carbocycles. The van der Waals surface area contributed by atoms with Crippen LogP contribution in [0.3, 0.4) is 0 Å². The molecule has 0 aliphatic heterocycles. The first kappa shape index (κ1) is 10.6. The van der Waals surface area contributed by atoms with Crippen molar-refractivity contribution in [2.24, 2.45) is 11.7 Å². The molecular formula is C12H15F2N. The van der Waals surface area contributed by atoms with Crippen molar-refractivity contribution in [2.45, 2.75) is 31.7 Å². The fourth-order valence-corrected chi connectivity index (χ4v) is 1.97. The molecule has 2 N–H and O–H groups in total. The Kier molecular flexibility index (Phi) is 3.00. The Labute approximate surface area is 88.3 Å². The number of hydrogen-bond donors (Lipinski definition) is 1. The van der Waals surface area contributed by atoms with Gasteiger partial charge in [0.15, 0.2) is 11.6 Å². The number of hydrogen-bond acceptors (Lipinski definition) is 1. The van der Waals surface area contributed by atoms with Gasteiger partial charge in [-0.1, -0.05) is 25.3 Å². The van der Waals surface area contributed by atoms with Gasteiger partial charge in [-0.05, 0) is 30.0 Å². The van der Waals surface area contributed by atoms with E-state index < -0.39 is 11.6 Å². The van der Waals surface area contributed by atoms with Crippen molar-refractivity contribution in [3.05, 3.63) is 35.4 Å². The van der Waals surface area contributed by atoms with Crippen LogP contribution in [0.1, 0.15) is 37.3 Å². The van der Waals surface area contributed by atoms with E-state index >= 15 is 0 Å². The molecule has 0 saturated heterocycles. The maximum absolute atomic E-state index is 12.9. The predicted octanol–water partition coefficient (Wildman–Crippen LogP) is 3.15. The Bertz CT molecular complexity index is 347. The molecule has 15 heavy (non-hydrogen) atoms. The number of rotatable bonds is 3. The van der Waals surface area contributed by atoms with Crippen LogP contribution >= 0.6 is 0 Å². The van der Waals surface area contributed by atoms with Gasteiger partial charge in [-0.2, -0.15) is 0 Å².